The number of anilines is 1. The Labute approximate surface area is 201 Å². The highest BCUT2D eigenvalue weighted by atomic mass is 32.2. The number of nitrogens with zero attached hydrogens (tertiary/aromatic N) is 2. The molecule has 2 aromatic heterocycles. The van der Waals surface area contributed by atoms with E-state index in [1.807, 2.05) is 31.2 Å². The number of piperidine rings is 1. The lowest BCUT2D eigenvalue weighted by Crippen LogP contribution is -2.35. The number of thiophene rings is 1. The molecule has 7 nitrogen and oxygen atoms in total. The minimum absolute atomic E-state index is 0.112. The van der Waals surface area contributed by atoms with Crippen LogP contribution in [0.2, 0.25) is 0 Å². The molecule has 0 aliphatic carbocycles. The average Bonchev–Trinajstić information content (AvgIpc) is 3.32. The average molecular weight is 496 g/mol. The SMILES string of the molecule is CCn1c(=O)c2cc(C(=O)Nc3ccc(S(=O)(=O)N4CCCCC4)cc3)sc2c2ccccc21. The molecule has 1 aliphatic heterocycles. The van der Waals surface area contributed by atoms with Gasteiger partial charge in [0.15, 0.2) is 0 Å². The zero-order valence-electron chi connectivity index (χ0n) is 18.8. The molecule has 0 saturated carbocycles. The maximum Gasteiger partial charge on any atom is 0.265 e. The fourth-order valence-electron chi connectivity index (χ4n) is 4.49. The van der Waals surface area contributed by atoms with Gasteiger partial charge in [0.1, 0.15) is 0 Å². The van der Waals surface area contributed by atoms with Gasteiger partial charge in [-0.1, -0.05) is 24.6 Å². The molecule has 34 heavy (non-hydrogen) atoms. The largest absolute Gasteiger partial charge is 0.321 e. The highest BCUT2D eigenvalue weighted by Gasteiger charge is 2.26. The van der Waals surface area contributed by atoms with Crippen molar-refractivity contribution < 1.29 is 13.2 Å². The van der Waals surface area contributed by atoms with Crippen LogP contribution in [-0.2, 0) is 16.6 Å². The van der Waals surface area contributed by atoms with Crippen LogP contribution >= 0.6 is 11.3 Å². The standard InChI is InChI=1S/C25H25N3O4S2/c1-2-28-21-9-5-4-8-19(21)23-20(25(28)30)16-22(33-23)24(29)26-17-10-12-18(13-11-17)34(31,32)27-14-6-3-7-15-27/h4-5,8-13,16H,2-3,6-7,14-15H2,1H3,(H,26,29). The molecule has 0 spiro atoms. The Bertz CT molecular complexity index is 1550. The van der Waals surface area contributed by atoms with Gasteiger partial charge >= 0.3 is 0 Å². The number of hydrogen-bond donors (Lipinski definition) is 1. The summed E-state index contributed by atoms with van der Waals surface area (Å²) >= 11 is 1.29. The molecular formula is C25H25N3O4S2. The third kappa shape index (κ3) is 3.93. The normalized spacial score (nSPS) is 15.1. The maximum atomic E-state index is 13.0. The molecule has 1 fully saturated rings. The molecule has 9 heteroatoms. The summed E-state index contributed by atoms with van der Waals surface area (Å²) in [5.74, 6) is -0.334. The maximum absolute atomic E-state index is 13.0. The van der Waals surface area contributed by atoms with E-state index in [1.165, 1.54) is 27.8 Å². The Balaban J connectivity index is 1.42. The van der Waals surface area contributed by atoms with Crippen molar-refractivity contribution in [2.24, 2.45) is 0 Å². The predicted molar refractivity (Wildman–Crippen MR) is 136 cm³/mol. The van der Waals surface area contributed by atoms with E-state index in [9.17, 15) is 18.0 Å². The molecule has 5 rings (SSSR count). The number of pyridine rings is 1. The summed E-state index contributed by atoms with van der Waals surface area (Å²) in [6.45, 7) is 3.55. The van der Waals surface area contributed by atoms with Crippen molar-refractivity contribution in [2.45, 2.75) is 37.6 Å². The van der Waals surface area contributed by atoms with Crippen molar-refractivity contribution in [3.63, 3.8) is 0 Å². The number of amides is 1. The van der Waals surface area contributed by atoms with Gasteiger partial charge in [-0.25, -0.2) is 8.42 Å². The van der Waals surface area contributed by atoms with Crippen LogP contribution in [-0.4, -0.2) is 36.3 Å². The van der Waals surface area contributed by atoms with Gasteiger partial charge in [-0.2, -0.15) is 4.31 Å². The van der Waals surface area contributed by atoms with Gasteiger partial charge in [-0.05, 0) is 56.2 Å². The highest BCUT2D eigenvalue weighted by Crippen LogP contribution is 2.31. The Morgan fingerprint density at radius 3 is 2.41 bits per heavy atom. The highest BCUT2D eigenvalue weighted by molar-refractivity contribution is 7.89. The van der Waals surface area contributed by atoms with Crippen LogP contribution in [0.4, 0.5) is 5.69 Å². The van der Waals surface area contributed by atoms with Crippen LogP contribution in [0.1, 0.15) is 35.9 Å². The Morgan fingerprint density at radius 2 is 1.71 bits per heavy atom. The number of hydrogen-bond acceptors (Lipinski definition) is 5. The molecule has 1 amide bonds. The summed E-state index contributed by atoms with van der Waals surface area (Å²) in [5.41, 5.74) is 1.23. The molecular weight excluding hydrogens is 470 g/mol. The van der Waals surface area contributed by atoms with Crippen molar-refractivity contribution in [2.75, 3.05) is 18.4 Å². The molecule has 0 atom stereocenters. The molecule has 0 bridgehead atoms. The summed E-state index contributed by atoms with van der Waals surface area (Å²) in [6, 6.07) is 15.6. The van der Waals surface area contributed by atoms with Crippen molar-refractivity contribution in [3.8, 4) is 0 Å². The third-order valence-electron chi connectivity index (χ3n) is 6.25. The third-order valence-corrected chi connectivity index (χ3v) is 9.33. The minimum Gasteiger partial charge on any atom is -0.321 e. The molecule has 4 aromatic rings. The quantitative estimate of drug-likeness (QED) is 0.436. The number of rotatable bonds is 5. The van der Waals surface area contributed by atoms with E-state index in [4.69, 9.17) is 0 Å². The summed E-state index contributed by atoms with van der Waals surface area (Å²) < 4.78 is 29.7. The number of benzene rings is 2. The van der Waals surface area contributed by atoms with Crippen molar-refractivity contribution in [1.29, 1.82) is 0 Å². The molecule has 176 valence electrons. The second-order valence-corrected chi connectivity index (χ2v) is 11.4. The van der Waals surface area contributed by atoms with Gasteiger partial charge in [0, 0.05) is 35.4 Å². The number of carbonyl (C=O) groups excluding carboxylic acids is 1. The van der Waals surface area contributed by atoms with Crippen LogP contribution in [0.15, 0.2) is 64.3 Å². The fourth-order valence-corrected chi connectivity index (χ4v) is 7.09. The monoisotopic (exact) mass is 495 g/mol. The number of aromatic nitrogens is 1. The second-order valence-electron chi connectivity index (χ2n) is 8.36. The molecule has 1 aliphatic rings. The van der Waals surface area contributed by atoms with Crippen LogP contribution in [0, 0.1) is 0 Å². The summed E-state index contributed by atoms with van der Waals surface area (Å²) in [5, 5.41) is 4.29. The van der Waals surface area contributed by atoms with Gasteiger partial charge in [0.2, 0.25) is 10.0 Å². The Hall–Kier alpha value is -3.01. The van der Waals surface area contributed by atoms with E-state index >= 15 is 0 Å². The van der Waals surface area contributed by atoms with Gasteiger partial charge in [-0.15, -0.1) is 11.3 Å². The van der Waals surface area contributed by atoms with E-state index in [0.29, 0.717) is 35.6 Å². The van der Waals surface area contributed by atoms with E-state index in [0.717, 1.165) is 34.9 Å². The van der Waals surface area contributed by atoms with Gasteiger partial charge in [-0.3, -0.25) is 9.59 Å². The van der Waals surface area contributed by atoms with Gasteiger partial charge in [0.25, 0.3) is 11.5 Å². The van der Waals surface area contributed by atoms with Crippen LogP contribution < -0.4 is 10.9 Å². The lowest BCUT2D eigenvalue weighted by atomic mass is 10.1. The van der Waals surface area contributed by atoms with Crippen LogP contribution in [0.25, 0.3) is 21.0 Å². The van der Waals surface area contributed by atoms with Crippen LogP contribution in [0.3, 0.4) is 0 Å². The van der Waals surface area contributed by atoms with Gasteiger partial charge in [0.05, 0.1) is 20.7 Å². The fraction of sp³-hybridized carbons (Fsp3) is 0.280. The summed E-state index contributed by atoms with van der Waals surface area (Å²) in [7, 11) is -3.52. The molecule has 1 saturated heterocycles. The molecule has 2 aromatic carbocycles. The molecule has 0 radical (unpaired) electrons. The number of sulfonamides is 1. The summed E-state index contributed by atoms with van der Waals surface area (Å²) in [4.78, 5) is 26.6. The van der Waals surface area contributed by atoms with Crippen LogP contribution in [0.5, 0.6) is 0 Å². The zero-order valence-corrected chi connectivity index (χ0v) is 20.4. The van der Waals surface area contributed by atoms with E-state index in [-0.39, 0.29) is 16.4 Å². The Kier molecular flexibility index (Phi) is 6.01. The van der Waals surface area contributed by atoms with E-state index < -0.39 is 10.0 Å². The second kappa shape index (κ2) is 8.98. The molecule has 3 heterocycles. The summed E-state index contributed by atoms with van der Waals surface area (Å²) in [6.07, 6.45) is 2.80. The minimum atomic E-state index is -3.52. The predicted octanol–water partition coefficient (Wildman–Crippen LogP) is 4.66. The Morgan fingerprint density at radius 1 is 1.00 bits per heavy atom. The molecule has 1 N–H and O–H groups in total. The van der Waals surface area contributed by atoms with Crippen molar-refractivity contribution >= 4 is 53.9 Å². The first kappa shape index (κ1) is 22.8. The van der Waals surface area contributed by atoms with E-state index in [2.05, 4.69) is 5.32 Å². The smallest absolute Gasteiger partial charge is 0.265 e. The number of aryl methyl sites for hydroxylation is 1. The first-order valence-electron chi connectivity index (χ1n) is 11.4. The number of carbonyl (C=O) groups is 1. The topological polar surface area (TPSA) is 88.5 Å². The first-order valence-corrected chi connectivity index (χ1v) is 13.6. The zero-order chi connectivity index (χ0) is 23.9. The lowest BCUT2D eigenvalue weighted by molar-refractivity contribution is 0.103. The van der Waals surface area contributed by atoms with Crippen molar-refractivity contribution in [3.05, 3.63) is 69.8 Å². The number of para-hydroxylation sites is 1. The van der Waals surface area contributed by atoms with E-state index in [1.54, 1.807) is 22.8 Å². The van der Waals surface area contributed by atoms with Gasteiger partial charge < -0.3 is 9.88 Å². The number of nitrogens with one attached hydrogen (secondary N) is 1. The first-order chi connectivity index (χ1) is 16.4. The number of fused-ring (bicyclic) bond motifs is 3. The van der Waals surface area contributed by atoms with Crippen molar-refractivity contribution in [1.82, 2.24) is 8.87 Å². The molecule has 0 unspecified atom stereocenters. The lowest BCUT2D eigenvalue weighted by Gasteiger charge is -2.25.